The van der Waals surface area contributed by atoms with Gasteiger partial charge in [0.05, 0.1) is 25.2 Å². The lowest BCUT2D eigenvalue weighted by atomic mass is 9.97. The molecule has 2 atom stereocenters. The molecule has 2 saturated heterocycles. The van der Waals surface area contributed by atoms with Crippen LogP contribution in [0.1, 0.15) is 28.0 Å². The average molecular weight is 793 g/mol. The Kier molecular flexibility index (Phi) is 10.3. The van der Waals surface area contributed by atoms with Crippen LogP contribution in [-0.4, -0.2) is 73.2 Å². The Morgan fingerprint density at radius 1 is 0.862 bits per heavy atom. The van der Waals surface area contributed by atoms with Gasteiger partial charge >= 0.3 is 12.2 Å². The van der Waals surface area contributed by atoms with Crippen LogP contribution in [0.5, 0.6) is 5.75 Å². The summed E-state index contributed by atoms with van der Waals surface area (Å²) in [5.74, 6) is -2.06. The summed E-state index contributed by atoms with van der Waals surface area (Å²) < 4.78 is 60.2. The van der Waals surface area contributed by atoms with Crippen molar-refractivity contribution in [3.63, 3.8) is 0 Å². The summed E-state index contributed by atoms with van der Waals surface area (Å²) in [6.07, 6.45) is -5.86. The number of aromatic nitrogens is 1. The van der Waals surface area contributed by atoms with E-state index in [9.17, 15) is 37.1 Å². The molecule has 2 aliphatic rings. The topological polar surface area (TPSA) is 122 Å². The van der Waals surface area contributed by atoms with Crippen molar-refractivity contribution in [2.45, 2.75) is 44.4 Å². The summed E-state index contributed by atoms with van der Waals surface area (Å²) in [7, 11) is 0. The number of hydrogen-bond acceptors (Lipinski definition) is 7. The van der Waals surface area contributed by atoms with E-state index in [0.29, 0.717) is 17.7 Å². The summed E-state index contributed by atoms with van der Waals surface area (Å²) in [5, 5.41) is 21.6. The van der Waals surface area contributed by atoms with Crippen LogP contribution in [0.4, 0.5) is 22.4 Å². The van der Waals surface area contributed by atoms with E-state index < -0.39 is 41.7 Å². The fraction of sp³-hybridized carbons (Fsp3) is 0.209. The quantitative estimate of drug-likeness (QED) is 0.150. The number of phenols is 1. The van der Waals surface area contributed by atoms with Crippen molar-refractivity contribution in [3.8, 4) is 17.0 Å². The molecular weight excluding hydrogens is 757 g/mol. The summed E-state index contributed by atoms with van der Waals surface area (Å²) in [5.41, 5.74) is 0.843. The van der Waals surface area contributed by atoms with Crippen LogP contribution in [0.2, 0.25) is 0 Å². The van der Waals surface area contributed by atoms with E-state index in [1.165, 1.54) is 33.1 Å². The molecule has 0 bridgehead atoms. The average Bonchev–Trinajstić information content (AvgIpc) is 3.68. The molecule has 2 fully saturated rings. The Morgan fingerprint density at radius 2 is 1.60 bits per heavy atom. The van der Waals surface area contributed by atoms with Gasteiger partial charge in [-0.15, -0.1) is 0 Å². The number of phenolic OH excluding ortho intramolecular Hbond substituents is 1. The first-order valence-corrected chi connectivity index (χ1v) is 18.5. The van der Waals surface area contributed by atoms with Crippen molar-refractivity contribution >= 4 is 28.6 Å². The van der Waals surface area contributed by atoms with Crippen LogP contribution in [0.25, 0.3) is 22.0 Å². The smallest absolute Gasteiger partial charge is 0.419 e. The normalized spacial score (nSPS) is 17.5. The lowest BCUT2D eigenvalue weighted by Gasteiger charge is -2.55. The van der Waals surface area contributed by atoms with Gasteiger partial charge in [-0.1, -0.05) is 90.1 Å². The second-order valence-corrected chi connectivity index (χ2v) is 14.2. The number of nitrogens with one attached hydrogen (secondary N) is 1. The third-order valence-electron chi connectivity index (χ3n) is 10.4. The van der Waals surface area contributed by atoms with Crippen LogP contribution < -0.4 is 5.32 Å². The van der Waals surface area contributed by atoms with Gasteiger partial charge < -0.3 is 24.7 Å². The Hall–Kier alpha value is -6.74. The van der Waals surface area contributed by atoms with E-state index in [4.69, 9.17) is 4.52 Å². The summed E-state index contributed by atoms with van der Waals surface area (Å²) in [4.78, 5) is 46.5. The summed E-state index contributed by atoms with van der Waals surface area (Å²) >= 11 is 0. The fourth-order valence-corrected chi connectivity index (χ4v) is 7.63. The fourth-order valence-electron chi connectivity index (χ4n) is 7.63. The maximum atomic E-state index is 14.6. The van der Waals surface area contributed by atoms with Crippen molar-refractivity contribution in [2.75, 3.05) is 13.1 Å². The van der Waals surface area contributed by atoms with E-state index >= 15 is 0 Å². The molecule has 1 unspecified atom stereocenters. The summed E-state index contributed by atoms with van der Waals surface area (Å²) in [6, 6.07) is 31.4. The van der Waals surface area contributed by atoms with Gasteiger partial charge in [-0.2, -0.15) is 18.2 Å². The minimum Gasteiger partial charge on any atom is -0.508 e. The van der Waals surface area contributed by atoms with Gasteiger partial charge in [-0.3, -0.25) is 9.59 Å². The van der Waals surface area contributed by atoms with Gasteiger partial charge in [0.2, 0.25) is 11.8 Å². The van der Waals surface area contributed by atoms with Crippen LogP contribution in [0.3, 0.4) is 0 Å². The second-order valence-electron chi connectivity index (χ2n) is 14.2. The molecule has 15 heteroatoms. The van der Waals surface area contributed by atoms with Gasteiger partial charge in [-0.05, 0) is 57.8 Å². The van der Waals surface area contributed by atoms with Crippen LogP contribution >= 0.6 is 0 Å². The number of benzene rings is 5. The highest BCUT2D eigenvalue weighted by molar-refractivity contribution is 5.92. The zero-order valence-electron chi connectivity index (χ0n) is 30.8. The number of nitrogens with zero attached hydrogens (tertiary/aromatic N) is 5. The van der Waals surface area contributed by atoms with Gasteiger partial charge in [0.25, 0.3) is 0 Å². The Morgan fingerprint density at radius 3 is 2.38 bits per heavy atom. The van der Waals surface area contributed by atoms with Gasteiger partial charge in [0.15, 0.2) is 5.76 Å². The van der Waals surface area contributed by atoms with Gasteiger partial charge in [0.1, 0.15) is 29.5 Å². The zero-order valence-corrected chi connectivity index (χ0v) is 30.8. The number of carbonyl (C=O) groups excluding carboxylic acids is 3. The molecule has 3 heterocycles. The lowest BCUT2D eigenvalue weighted by molar-refractivity contribution is -0.193. The van der Waals surface area contributed by atoms with Crippen molar-refractivity contribution < 1.29 is 41.6 Å². The number of urea groups is 1. The van der Waals surface area contributed by atoms with Crippen LogP contribution in [0, 0.1) is 5.82 Å². The number of halogens is 4. The zero-order chi connectivity index (χ0) is 40.6. The molecule has 1 aromatic heterocycles. The number of hydrazine groups is 1. The molecule has 0 spiro atoms. The van der Waals surface area contributed by atoms with E-state index in [1.807, 2.05) is 72.8 Å². The molecule has 11 nitrogen and oxygen atoms in total. The van der Waals surface area contributed by atoms with E-state index in [0.717, 1.165) is 28.0 Å². The van der Waals surface area contributed by atoms with Crippen molar-refractivity contribution in [3.05, 3.63) is 155 Å². The highest BCUT2D eigenvalue weighted by Crippen LogP contribution is 2.35. The predicted octanol–water partition coefficient (Wildman–Crippen LogP) is 7.11. The third kappa shape index (κ3) is 7.80. The molecule has 8 rings (SSSR count). The molecule has 2 aliphatic heterocycles. The summed E-state index contributed by atoms with van der Waals surface area (Å²) in [6.45, 7) is -0.337. The molecule has 296 valence electrons. The number of rotatable bonds is 9. The monoisotopic (exact) mass is 792 g/mol. The van der Waals surface area contributed by atoms with E-state index in [1.54, 1.807) is 17.0 Å². The molecule has 58 heavy (non-hydrogen) atoms. The van der Waals surface area contributed by atoms with Gasteiger partial charge in [-0.25, -0.2) is 14.2 Å². The third-order valence-corrected chi connectivity index (χ3v) is 10.4. The number of fused-ring (bicyclic) bond motifs is 2. The maximum absolute atomic E-state index is 14.6. The number of amides is 4. The highest BCUT2D eigenvalue weighted by atomic mass is 19.4. The lowest BCUT2D eigenvalue weighted by Crippen LogP contribution is -2.76. The maximum Gasteiger partial charge on any atom is 0.419 e. The first-order valence-electron chi connectivity index (χ1n) is 18.5. The minimum atomic E-state index is -4.94. The van der Waals surface area contributed by atoms with Crippen molar-refractivity contribution in [2.24, 2.45) is 0 Å². The second kappa shape index (κ2) is 15.7. The minimum absolute atomic E-state index is 0.0102. The number of carbonyl (C=O) groups is 3. The number of piperazine rings is 1. The highest BCUT2D eigenvalue weighted by Gasteiger charge is 2.51. The molecule has 0 saturated carbocycles. The Labute approximate surface area is 329 Å². The van der Waals surface area contributed by atoms with Crippen molar-refractivity contribution in [1.29, 1.82) is 0 Å². The molecule has 0 radical (unpaired) electrons. The van der Waals surface area contributed by atoms with Gasteiger partial charge in [0, 0.05) is 31.1 Å². The SMILES string of the molecule is O=C1[C@H](Cc2ccc(O)cc2)N2C(=O)CN(Cc3cc(-c4ccc(F)c(C(F)(F)F)c4)no3)N(C(=O)NCc3ccccc3)C2CN1Cc1cccc2ccccc12. The standard InChI is InChI=1S/C43H36F4N6O5/c44-36-18-15-30(20-35(36)43(45,46)47)37-21-33(58-49-37)24-51-26-40(55)52-38(19-27-13-16-32(54)17-14-27)41(56)50(23-31-11-6-10-29-9-4-5-12-34(29)31)25-39(52)53(51)42(57)48-22-28-7-2-1-3-8-28/h1-18,20-21,38-39,54H,19,22-26H2,(H,48,57)/t38-,39?/m0/s1. The number of aromatic hydroxyl groups is 1. The molecule has 4 amide bonds. The molecule has 6 aromatic rings. The molecule has 2 N–H and O–H groups in total. The predicted molar refractivity (Wildman–Crippen MR) is 203 cm³/mol. The molecular formula is C43H36F4N6O5. The number of alkyl halides is 3. The van der Waals surface area contributed by atoms with Crippen LogP contribution in [-0.2, 0) is 41.8 Å². The van der Waals surface area contributed by atoms with Crippen molar-refractivity contribution in [1.82, 2.24) is 30.3 Å². The Bertz CT molecular complexity index is 2470. The molecule has 5 aromatic carbocycles. The molecule has 0 aliphatic carbocycles. The van der Waals surface area contributed by atoms with E-state index in [-0.39, 0.29) is 67.8 Å². The van der Waals surface area contributed by atoms with Crippen LogP contribution in [0.15, 0.2) is 126 Å². The first-order chi connectivity index (χ1) is 27.9. The Balaban J connectivity index is 1.16. The largest absolute Gasteiger partial charge is 0.508 e. The first kappa shape index (κ1) is 38.1. The van der Waals surface area contributed by atoms with E-state index in [2.05, 4.69) is 10.5 Å². The number of hydrogen-bond donors (Lipinski definition) is 2.